The Morgan fingerprint density at radius 2 is 1.73 bits per heavy atom. The van der Waals surface area contributed by atoms with Gasteiger partial charge in [-0.05, 0) is 82.6 Å². The molecular formula is C21H30N2O3. The van der Waals surface area contributed by atoms with Crippen LogP contribution in [0, 0.1) is 0 Å². The number of amides is 2. The topological polar surface area (TPSA) is 58.6 Å². The van der Waals surface area contributed by atoms with E-state index in [1.165, 1.54) is 24.0 Å². The second kappa shape index (κ2) is 7.68. The monoisotopic (exact) mass is 358 g/mol. The molecule has 142 valence electrons. The summed E-state index contributed by atoms with van der Waals surface area (Å²) in [6, 6.07) is 6.21. The SMILES string of the molecule is CC(C)(C)OC(=O)N1CCC(NC(=O)c2ccc3c(c2)CCCC3)CC1. The predicted octanol–water partition coefficient (Wildman–Crippen LogP) is 3.69. The average molecular weight is 358 g/mol. The highest BCUT2D eigenvalue weighted by molar-refractivity contribution is 5.94. The molecule has 2 amide bonds. The highest BCUT2D eigenvalue weighted by Gasteiger charge is 2.27. The van der Waals surface area contributed by atoms with Crippen molar-refractivity contribution in [3.05, 3.63) is 34.9 Å². The number of rotatable bonds is 2. The standard InChI is InChI=1S/C21H30N2O3/c1-21(2,3)26-20(25)23-12-10-18(11-13-23)22-19(24)17-9-8-15-6-4-5-7-16(15)14-17/h8-9,14,18H,4-7,10-13H2,1-3H3,(H,22,24). The fourth-order valence-electron chi connectivity index (χ4n) is 3.68. The van der Waals surface area contributed by atoms with Gasteiger partial charge in [-0.1, -0.05) is 6.07 Å². The molecule has 1 aliphatic heterocycles. The summed E-state index contributed by atoms with van der Waals surface area (Å²) in [7, 11) is 0. The minimum absolute atomic E-state index is 0.00547. The highest BCUT2D eigenvalue weighted by Crippen LogP contribution is 2.22. The maximum Gasteiger partial charge on any atom is 0.410 e. The van der Waals surface area contributed by atoms with Gasteiger partial charge < -0.3 is 15.0 Å². The number of aryl methyl sites for hydroxylation is 2. The van der Waals surface area contributed by atoms with Gasteiger partial charge in [0.15, 0.2) is 0 Å². The number of ether oxygens (including phenoxy) is 1. The lowest BCUT2D eigenvalue weighted by molar-refractivity contribution is 0.0199. The van der Waals surface area contributed by atoms with Gasteiger partial charge in [0.1, 0.15) is 5.60 Å². The van der Waals surface area contributed by atoms with E-state index >= 15 is 0 Å². The molecule has 1 N–H and O–H groups in total. The third-order valence-corrected chi connectivity index (χ3v) is 5.09. The fraction of sp³-hybridized carbons (Fsp3) is 0.619. The summed E-state index contributed by atoms with van der Waals surface area (Å²) in [5.74, 6) is -0.00547. The van der Waals surface area contributed by atoms with E-state index in [4.69, 9.17) is 4.74 Å². The molecule has 1 fully saturated rings. The molecule has 26 heavy (non-hydrogen) atoms. The van der Waals surface area contributed by atoms with Crippen LogP contribution in [0.3, 0.4) is 0 Å². The number of nitrogens with one attached hydrogen (secondary N) is 1. The Bertz CT molecular complexity index is 670. The number of likely N-dealkylation sites (tertiary alicyclic amines) is 1. The molecular weight excluding hydrogens is 328 g/mol. The first-order valence-corrected chi connectivity index (χ1v) is 9.72. The Hall–Kier alpha value is -2.04. The molecule has 0 atom stereocenters. The largest absolute Gasteiger partial charge is 0.444 e. The normalized spacial score (nSPS) is 18.2. The summed E-state index contributed by atoms with van der Waals surface area (Å²) < 4.78 is 5.42. The van der Waals surface area contributed by atoms with Crippen molar-refractivity contribution < 1.29 is 14.3 Å². The quantitative estimate of drug-likeness (QED) is 0.877. The van der Waals surface area contributed by atoms with Gasteiger partial charge >= 0.3 is 6.09 Å². The van der Waals surface area contributed by atoms with Crippen molar-refractivity contribution in [2.45, 2.75) is 70.9 Å². The second-order valence-corrected chi connectivity index (χ2v) is 8.41. The lowest BCUT2D eigenvalue weighted by Gasteiger charge is -2.33. The summed E-state index contributed by atoms with van der Waals surface area (Å²) in [6.07, 6.45) is 5.91. The predicted molar refractivity (Wildman–Crippen MR) is 101 cm³/mol. The van der Waals surface area contributed by atoms with Crippen molar-refractivity contribution in [1.29, 1.82) is 0 Å². The van der Waals surface area contributed by atoms with E-state index in [1.54, 1.807) is 4.90 Å². The summed E-state index contributed by atoms with van der Waals surface area (Å²) in [5.41, 5.74) is 2.98. The Morgan fingerprint density at radius 1 is 1.08 bits per heavy atom. The molecule has 0 saturated carbocycles. The van der Waals surface area contributed by atoms with Gasteiger partial charge in [-0.25, -0.2) is 4.79 Å². The lowest BCUT2D eigenvalue weighted by Crippen LogP contribution is -2.47. The molecule has 0 spiro atoms. The first-order chi connectivity index (χ1) is 12.3. The van der Waals surface area contributed by atoms with Crippen LogP contribution in [0.25, 0.3) is 0 Å². The van der Waals surface area contributed by atoms with Crippen LogP contribution < -0.4 is 5.32 Å². The Balaban J connectivity index is 1.51. The lowest BCUT2D eigenvalue weighted by atomic mass is 9.90. The van der Waals surface area contributed by atoms with Crippen molar-refractivity contribution in [3.8, 4) is 0 Å². The molecule has 5 heteroatoms. The molecule has 0 aromatic heterocycles. The van der Waals surface area contributed by atoms with Crippen LogP contribution in [0.5, 0.6) is 0 Å². The molecule has 0 radical (unpaired) electrons. The smallest absolute Gasteiger partial charge is 0.410 e. The zero-order chi connectivity index (χ0) is 18.7. The zero-order valence-corrected chi connectivity index (χ0v) is 16.1. The van der Waals surface area contributed by atoms with E-state index < -0.39 is 5.60 Å². The number of hydrogen-bond acceptors (Lipinski definition) is 3. The van der Waals surface area contributed by atoms with Crippen molar-refractivity contribution in [1.82, 2.24) is 10.2 Å². The van der Waals surface area contributed by atoms with Crippen molar-refractivity contribution in [3.63, 3.8) is 0 Å². The van der Waals surface area contributed by atoms with E-state index in [0.717, 1.165) is 31.2 Å². The number of fused-ring (bicyclic) bond motifs is 1. The van der Waals surface area contributed by atoms with Crippen LogP contribution in [-0.4, -0.2) is 41.6 Å². The van der Waals surface area contributed by atoms with Crippen LogP contribution in [0.4, 0.5) is 4.79 Å². The molecule has 1 saturated heterocycles. The number of piperidine rings is 1. The van der Waals surface area contributed by atoms with E-state index in [9.17, 15) is 9.59 Å². The maximum absolute atomic E-state index is 12.6. The first-order valence-electron chi connectivity index (χ1n) is 9.72. The molecule has 0 bridgehead atoms. The van der Waals surface area contributed by atoms with Crippen LogP contribution in [0.1, 0.15) is 67.9 Å². The summed E-state index contributed by atoms with van der Waals surface area (Å²) in [6.45, 7) is 6.84. The van der Waals surface area contributed by atoms with Gasteiger partial charge in [0.05, 0.1) is 0 Å². The molecule has 3 rings (SSSR count). The van der Waals surface area contributed by atoms with Crippen LogP contribution in [-0.2, 0) is 17.6 Å². The third-order valence-electron chi connectivity index (χ3n) is 5.09. The number of carbonyl (C=O) groups excluding carboxylic acids is 2. The molecule has 1 aromatic rings. The summed E-state index contributed by atoms with van der Waals surface area (Å²) in [5, 5.41) is 3.13. The van der Waals surface area contributed by atoms with E-state index in [-0.39, 0.29) is 18.0 Å². The van der Waals surface area contributed by atoms with Gasteiger partial charge in [-0.3, -0.25) is 4.79 Å². The van der Waals surface area contributed by atoms with E-state index in [0.29, 0.717) is 13.1 Å². The molecule has 2 aliphatic rings. The van der Waals surface area contributed by atoms with Crippen molar-refractivity contribution in [2.75, 3.05) is 13.1 Å². The molecule has 5 nitrogen and oxygen atoms in total. The zero-order valence-electron chi connectivity index (χ0n) is 16.1. The van der Waals surface area contributed by atoms with Gasteiger partial charge in [-0.15, -0.1) is 0 Å². The van der Waals surface area contributed by atoms with Gasteiger partial charge in [0, 0.05) is 24.7 Å². The van der Waals surface area contributed by atoms with Crippen LogP contribution >= 0.6 is 0 Å². The molecule has 1 aliphatic carbocycles. The second-order valence-electron chi connectivity index (χ2n) is 8.41. The molecule has 1 heterocycles. The van der Waals surface area contributed by atoms with Crippen molar-refractivity contribution in [2.24, 2.45) is 0 Å². The number of hydrogen-bond donors (Lipinski definition) is 1. The van der Waals surface area contributed by atoms with E-state index in [2.05, 4.69) is 17.4 Å². The van der Waals surface area contributed by atoms with Gasteiger partial charge in [0.25, 0.3) is 5.91 Å². The highest BCUT2D eigenvalue weighted by atomic mass is 16.6. The molecule has 1 aromatic carbocycles. The Kier molecular flexibility index (Phi) is 5.54. The van der Waals surface area contributed by atoms with Crippen molar-refractivity contribution >= 4 is 12.0 Å². The summed E-state index contributed by atoms with van der Waals surface area (Å²) >= 11 is 0. The average Bonchev–Trinajstić information content (AvgIpc) is 2.60. The van der Waals surface area contributed by atoms with Gasteiger partial charge in [-0.2, -0.15) is 0 Å². The first kappa shape index (κ1) is 18.7. The Labute approximate surface area is 156 Å². The number of benzene rings is 1. The molecule has 0 unspecified atom stereocenters. The summed E-state index contributed by atoms with van der Waals surface area (Å²) in [4.78, 5) is 26.4. The third kappa shape index (κ3) is 4.77. The van der Waals surface area contributed by atoms with Crippen LogP contribution in [0.2, 0.25) is 0 Å². The van der Waals surface area contributed by atoms with Gasteiger partial charge in [0.2, 0.25) is 0 Å². The maximum atomic E-state index is 12.6. The fourth-order valence-corrected chi connectivity index (χ4v) is 3.68. The Morgan fingerprint density at radius 3 is 2.38 bits per heavy atom. The number of nitrogens with zero attached hydrogens (tertiary/aromatic N) is 1. The van der Waals surface area contributed by atoms with E-state index in [1.807, 2.05) is 26.8 Å². The minimum atomic E-state index is -0.478. The van der Waals surface area contributed by atoms with Crippen LogP contribution in [0.15, 0.2) is 18.2 Å². The minimum Gasteiger partial charge on any atom is -0.444 e. The number of carbonyl (C=O) groups is 2.